The van der Waals surface area contributed by atoms with Crippen LogP contribution in [-0.4, -0.2) is 72.7 Å². The van der Waals surface area contributed by atoms with E-state index in [4.69, 9.17) is 0 Å². The van der Waals surface area contributed by atoms with Crippen molar-refractivity contribution in [3.63, 3.8) is 0 Å². The van der Waals surface area contributed by atoms with E-state index in [-0.39, 0.29) is 0 Å². The first-order chi connectivity index (χ1) is 9.98. The largest absolute Gasteiger partial charge is 0.480 e. The molecule has 1 unspecified atom stereocenters. The van der Waals surface area contributed by atoms with Crippen molar-refractivity contribution in [3.05, 3.63) is 0 Å². The molecule has 5 nitrogen and oxygen atoms in total. The second-order valence-corrected chi connectivity index (χ2v) is 6.52. The summed E-state index contributed by atoms with van der Waals surface area (Å²) in [5, 5.41) is 12.6. The molecule has 0 amide bonds. The summed E-state index contributed by atoms with van der Waals surface area (Å²) in [7, 11) is 2.18. The molecule has 5 heteroatoms. The quantitative estimate of drug-likeness (QED) is 0.634. The molecule has 0 aromatic carbocycles. The minimum Gasteiger partial charge on any atom is -0.480 e. The van der Waals surface area contributed by atoms with Crippen LogP contribution in [0.2, 0.25) is 0 Å². The highest BCUT2D eigenvalue weighted by Gasteiger charge is 2.31. The van der Waals surface area contributed by atoms with Gasteiger partial charge >= 0.3 is 5.97 Å². The van der Waals surface area contributed by atoms with E-state index in [2.05, 4.69) is 29.1 Å². The Morgan fingerprint density at radius 1 is 1.24 bits per heavy atom. The van der Waals surface area contributed by atoms with Gasteiger partial charge in [-0.2, -0.15) is 0 Å². The number of carbonyl (C=O) groups is 1. The predicted molar refractivity (Wildman–Crippen MR) is 86.7 cm³/mol. The van der Waals surface area contributed by atoms with Crippen LogP contribution in [0.3, 0.4) is 0 Å². The van der Waals surface area contributed by atoms with Crippen LogP contribution in [0.25, 0.3) is 0 Å². The predicted octanol–water partition coefficient (Wildman–Crippen LogP) is 1.64. The van der Waals surface area contributed by atoms with E-state index >= 15 is 0 Å². The Hall–Kier alpha value is -0.650. The third-order valence-electron chi connectivity index (χ3n) is 4.45. The topological polar surface area (TPSA) is 55.8 Å². The fraction of sp³-hybridized carbons (Fsp3) is 0.938. The molecule has 0 saturated carbocycles. The Labute approximate surface area is 129 Å². The number of hydrogen-bond donors (Lipinski definition) is 2. The minimum absolute atomic E-state index is 0.704. The lowest BCUT2D eigenvalue weighted by Crippen LogP contribution is -2.49. The van der Waals surface area contributed by atoms with Gasteiger partial charge in [-0.15, -0.1) is 0 Å². The molecule has 0 aromatic rings. The summed E-state index contributed by atoms with van der Waals surface area (Å²) in [6.45, 7) is 10.4. The summed E-state index contributed by atoms with van der Waals surface area (Å²) in [6, 6.07) is 0. The molecule has 1 heterocycles. The average Bonchev–Trinajstić information content (AvgIpc) is 2.66. The summed E-state index contributed by atoms with van der Waals surface area (Å²) < 4.78 is 0. The Balaban J connectivity index is 2.26. The lowest BCUT2D eigenvalue weighted by Gasteiger charge is -2.27. The van der Waals surface area contributed by atoms with Crippen molar-refractivity contribution >= 4 is 5.97 Å². The fourth-order valence-corrected chi connectivity index (χ4v) is 2.81. The number of carboxylic acid groups (broad SMARTS) is 1. The maximum atomic E-state index is 11.4. The van der Waals surface area contributed by atoms with Gasteiger partial charge in [-0.05, 0) is 72.3 Å². The van der Waals surface area contributed by atoms with Gasteiger partial charge in [0.25, 0.3) is 0 Å². The number of carboxylic acids is 1. The fourth-order valence-electron chi connectivity index (χ4n) is 2.81. The Kier molecular flexibility index (Phi) is 8.22. The second-order valence-electron chi connectivity index (χ2n) is 6.52. The SMILES string of the molecule is CCCNC(C)(CCCCN1CCCN(C)CC1)C(=O)O. The minimum atomic E-state index is -0.769. The molecule has 1 aliphatic rings. The molecular formula is C16H33N3O2. The van der Waals surface area contributed by atoms with E-state index in [1.54, 1.807) is 0 Å². The van der Waals surface area contributed by atoms with Crippen LogP contribution in [0.1, 0.15) is 46.0 Å². The zero-order valence-corrected chi connectivity index (χ0v) is 14.0. The highest BCUT2D eigenvalue weighted by atomic mass is 16.4. The van der Waals surface area contributed by atoms with Crippen molar-refractivity contribution in [2.24, 2.45) is 0 Å². The Morgan fingerprint density at radius 2 is 2.00 bits per heavy atom. The van der Waals surface area contributed by atoms with E-state index in [1.807, 2.05) is 6.92 Å². The number of rotatable bonds is 9. The molecular weight excluding hydrogens is 266 g/mol. The van der Waals surface area contributed by atoms with Crippen LogP contribution in [0.4, 0.5) is 0 Å². The van der Waals surface area contributed by atoms with Gasteiger partial charge in [0.1, 0.15) is 5.54 Å². The molecule has 124 valence electrons. The molecule has 0 aromatic heterocycles. The van der Waals surface area contributed by atoms with Crippen molar-refractivity contribution in [1.29, 1.82) is 0 Å². The van der Waals surface area contributed by atoms with Gasteiger partial charge in [-0.3, -0.25) is 4.79 Å². The lowest BCUT2D eigenvalue weighted by molar-refractivity contribution is -0.144. The smallest absolute Gasteiger partial charge is 0.323 e. The zero-order valence-electron chi connectivity index (χ0n) is 14.0. The van der Waals surface area contributed by atoms with E-state index in [1.165, 1.54) is 19.5 Å². The summed E-state index contributed by atoms with van der Waals surface area (Å²) in [6.07, 6.45) is 4.95. The van der Waals surface area contributed by atoms with Crippen LogP contribution >= 0.6 is 0 Å². The van der Waals surface area contributed by atoms with Gasteiger partial charge in [0.15, 0.2) is 0 Å². The highest BCUT2D eigenvalue weighted by Crippen LogP contribution is 2.15. The number of aliphatic carboxylic acids is 1. The lowest BCUT2D eigenvalue weighted by atomic mass is 9.94. The molecule has 0 spiro atoms. The van der Waals surface area contributed by atoms with Crippen LogP contribution in [0.15, 0.2) is 0 Å². The number of hydrogen-bond acceptors (Lipinski definition) is 4. The first-order valence-corrected chi connectivity index (χ1v) is 8.37. The van der Waals surface area contributed by atoms with E-state index in [0.717, 1.165) is 45.4 Å². The average molecular weight is 299 g/mol. The van der Waals surface area contributed by atoms with Crippen molar-refractivity contribution in [3.8, 4) is 0 Å². The maximum Gasteiger partial charge on any atom is 0.323 e. The van der Waals surface area contributed by atoms with Gasteiger partial charge < -0.3 is 20.2 Å². The zero-order chi connectivity index (χ0) is 15.7. The van der Waals surface area contributed by atoms with E-state index in [9.17, 15) is 9.90 Å². The first-order valence-electron chi connectivity index (χ1n) is 8.37. The molecule has 0 aliphatic carbocycles. The monoisotopic (exact) mass is 299 g/mol. The maximum absolute atomic E-state index is 11.4. The van der Waals surface area contributed by atoms with Crippen LogP contribution < -0.4 is 5.32 Å². The van der Waals surface area contributed by atoms with Crippen LogP contribution in [0, 0.1) is 0 Å². The van der Waals surface area contributed by atoms with Crippen molar-refractivity contribution in [2.75, 3.05) is 46.3 Å². The number of unbranched alkanes of at least 4 members (excludes halogenated alkanes) is 1. The molecule has 1 rings (SSSR count). The summed E-state index contributed by atoms with van der Waals surface area (Å²) in [4.78, 5) is 16.3. The van der Waals surface area contributed by atoms with Gasteiger partial charge in [-0.25, -0.2) is 0 Å². The van der Waals surface area contributed by atoms with Crippen molar-refractivity contribution in [1.82, 2.24) is 15.1 Å². The molecule has 1 atom stereocenters. The number of likely N-dealkylation sites (N-methyl/N-ethyl adjacent to an activating group) is 1. The van der Waals surface area contributed by atoms with E-state index < -0.39 is 11.5 Å². The summed E-state index contributed by atoms with van der Waals surface area (Å²) in [5.41, 5.74) is -0.769. The molecule has 1 fully saturated rings. The van der Waals surface area contributed by atoms with Crippen LogP contribution in [-0.2, 0) is 4.79 Å². The third-order valence-corrected chi connectivity index (χ3v) is 4.45. The van der Waals surface area contributed by atoms with Crippen LogP contribution in [0.5, 0.6) is 0 Å². The molecule has 0 radical (unpaired) electrons. The molecule has 0 bridgehead atoms. The highest BCUT2D eigenvalue weighted by molar-refractivity contribution is 5.78. The first kappa shape index (κ1) is 18.4. The van der Waals surface area contributed by atoms with E-state index in [0.29, 0.717) is 6.42 Å². The Morgan fingerprint density at radius 3 is 2.67 bits per heavy atom. The summed E-state index contributed by atoms with van der Waals surface area (Å²) >= 11 is 0. The molecule has 21 heavy (non-hydrogen) atoms. The Bertz CT molecular complexity index is 312. The normalized spacial score (nSPS) is 20.9. The number of nitrogens with one attached hydrogen (secondary N) is 1. The number of nitrogens with zero attached hydrogens (tertiary/aromatic N) is 2. The van der Waals surface area contributed by atoms with Gasteiger partial charge in [0.2, 0.25) is 0 Å². The molecule has 1 aliphatic heterocycles. The third kappa shape index (κ3) is 6.76. The van der Waals surface area contributed by atoms with Crippen molar-refractivity contribution in [2.45, 2.75) is 51.5 Å². The molecule has 2 N–H and O–H groups in total. The van der Waals surface area contributed by atoms with Crippen molar-refractivity contribution < 1.29 is 9.90 Å². The second kappa shape index (κ2) is 9.38. The van der Waals surface area contributed by atoms with Gasteiger partial charge in [0.05, 0.1) is 0 Å². The summed E-state index contributed by atoms with van der Waals surface area (Å²) in [5.74, 6) is -0.729. The molecule has 1 saturated heterocycles. The standard InChI is InChI=1S/C16H33N3O2/c1-4-9-17-16(2,15(20)21)8-5-6-11-19-12-7-10-18(3)13-14-19/h17H,4-14H2,1-3H3,(H,20,21). The van der Waals surface area contributed by atoms with Gasteiger partial charge in [-0.1, -0.05) is 6.92 Å². The van der Waals surface area contributed by atoms with Gasteiger partial charge in [0, 0.05) is 13.1 Å².